The summed E-state index contributed by atoms with van der Waals surface area (Å²) in [6.45, 7) is 10.5. The third-order valence-corrected chi connectivity index (χ3v) is 5.74. The SMILES string of the molecule is CC(=O)N1CCN(C2CN(Cc3nnsc3Cl)CC2C)CC1. The van der Waals surface area contributed by atoms with Crippen molar-refractivity contribution in [2.45, 2.75) is 26.4 Å². The number of aromatic nitrogens is 2. The largest absolute Gasteiger partial charge is 0.340 e. The number of amides is 1. The first-order chi connectivity index (χ1) is 10.5. The zero-order valence-corrected chi connectivity index (χ0v) is 14.6. The Morgan fingerprint density at radius 3 is 2.64 bits per heavy atom. The van der Waals surface area contributed by atoms with Gasteiger partial charge in [-0.3, -0.25) is 14.6 Å². The first-order valence-corrected chi connectivity index (χ1v) is 8.88. The molecule has 2 unspecified atom stereocenters. The van der Waals surface area contributed by atoms with Crippen molar-refractivity contribution in [1.29, 1.82) is 0 Å². The Morgan fingerprint density at radius 1 is 1.32 bits per heavy atom. The quantitative estimate of drug-likeness (QED) is 0.824. The standard InChI is InChI=1S/C14H22ClN5OS/c1-10-7-18(8-12-14(15)22-17-16-12)9-13(10)20-5-3-19(4-6-20)11(2)21/h10,13H,3-9H2,1-2H3. The summed E-state index contributed by atoms with van der Waals surface area (Å²) >= 11 is 7.35. The highest BCUT2D eigenvalue weighted by Crippen LogP contribution is 2.26. The first kappa shape index (κ1) is 16.1. The van der Waals surface area contributed by atoms with Gasteiger partial charge in [0.2, 0.25) is 5.91 Å². The van der Waals surface area contributed by atoms with Crippen LogP contribution in [0, 0.1) is 5.92 Å². The predicted octanol–water partition coefficient (Wildman–Crippen LogP) is 1.18. The Kier molecular flexibility index (Phi) is 4.97. The van der Waals surface area contributed by atoms with E-state index in [1.807, 2.05) is 4.90 Å². The monoisotopic (exact) mass is 343 g/mol. The molecule has 1 aromatic rings. The van der Waals surface area contributed by atoms with Crippen LogP contribution in [0.2, 0.25) is 4.34 Å². The van der Waals surface area contributed by atoms with Gasteiger partial charge in [0, 0.05) is 70.3 Å². The lowest BCUT2D eigenvalue weighted by molar-refractivity contribution is -0.130. The molecule has 2 saturated heterocycles. The van der Waals surface area contributed by atoms with E-state index in [0.717, 1.165) is 51.5 Å². The van der Waals surface area contributed by atoms with E-state index in [9.17, 15) is 4.79 Å². The van der Waals surface area contributed by atoms with Crippen molar-refractivity contribution < 1.29 is 4.79 Å². The minimum Gasteiger partial charge on any atom is -0.340 e. The highest BCUT2D eigenvalue weighted by molar-refractivity contribution is 7.10. The third-order valence-electron chi connectivity index (χ3n) is 4.76. The summed E-state index contributed by atoms with van der Waals surface area (Å²) in [5, 5.41) is 4.11. The van der Waals surface area contributed by atoms with Gasteiger partial charge >= 0.3 is 0 Å². The molecule has 2 aliphatic rings. The summed E-state index contributed by atoms with van der Waals surface area (Å²) in [7, 11) is 0. The number of halogens is 1. The fraction of sp³-hybridized carbons (Fsp3) is 0.786. The van der Waals surface area contributed by atoms with Gasteiger partial charge in [-0.15, -0.1) is 5.10 Å². The minimum atomic E-state index is 0.187. The number of likely N-dealkylation sites (tertiary alicyclic amines) is 1. The number of carbonyl (C=O) groups is 1. The number of hydrogen-bond acceptors (Lipinski definition) is 6. The van der Waals surface area contributed by atoms with Gasteiger partial charge in [0.05, 0.1) is 0 Å². The molecule has 2 fully saturated rings. The Hall–Kier alpha value is -0.760. The lowest BCUT2D eigenvalue weighted by atomic mass is 10.0. The molecular formula is C14H22ClN5OS. The maximum Gasteiger partial charge on any atom is 0.219 e. The van der Waals surface area contributed by atoms with Crippen LogP contribution in [0.4, 0.5) is 0 Å². The summed E-state index contributed by atoms with van der Waals surface area (Å²) < 4.78 is 4.60. The number of nitrogens with zero attached hydrogens (tertiary/aromatic N) is 5. The van der Waals surface area contributed by atoms with Crippen LogP contribution in [-0.4, -0.2) is 75.5 Å². The van der Waals surface area contributed by atoms with Crippen molar-refractivity contribution in [3.8, 4) is 0 Å². The molecule has 0 radical (unpaired) electrons. The van der Waals surface area contributed by atoms with Gasteiger partial charge in [-0.2, -0.15) is 0 Å². The topological polar surface area (TPSA) is 52.6 Å². The lowest BCUT2D eigenvalue weighted by Crippen LogP contribution is -2.53. The van der Waals surface area contributed by atoms with Gasteiger partial charge in [-0.1, -0.05) is 23.0 Å². The van der Waals surface area contributed by atoms with Crippen LogP contribution in [0.5, 0.6) is 0 Å². The third kappa shape index (κ3) is 3.42. The van der Waals surface area contributed by atoms with Crippen molar-refractivity contribution in [3.05, 3.63) is 10.0 Å². The van der Waals surface area contributed by atoms with Gasteiger partial charge < -0.3 is 4.90 Å². The van der Waals surface area contributed by atoms with Crippen molar-refractivity contribution >= 4 is 29.0 Å². The van der Waals surface area contributed by atoms with Crippen molar-refractivity contribution in [2.75, 3.05) is 39.3 Å². The highest BCUT2D eigenvalue weighted by Gasteiger charge is 2.35. The van der Waals surface area contributed by atoms with Crippen molar-refractivity contribution in [3.63, 3.8) is 0 Å². The molecule has 0 bridgehead atoms. The number of rotatable bonds is 3. The molecule has 6 nitrogen and oxygen atoms in total. The van der Waals surface area contributed by atoms with E-state index in [1.54, 1.807) is 6.92 Å². The fourth-order valence-corrected chi connectivity index (χ4v) is 4.14. The molecule has 8 heteroatoms. The second kappa shape index (κ2) is 6.78. The van der Waals surface area contributed by atoms with Crippen molar-refractivity contribution in [2.24, 2.45) is 5.92 Å². The smallest absolute Gasteiger partial charge is 0.219 e. The van der Waals surface area contributed by atoms with E-state index in [-0.39, 0.29) is 5.91 Å². The molecular weight excluding hydrogens is 322 g/mol. The van der Waals surface area contributed by atoms with Crippen LogP contribution in [0.25, 0.3) is 0 Å². The summed E-state index contributed by atoms with van der Waals surface area (Å²) in [4.78, 5) is 18.3. The second-order valence-corrected chi connectivity index (χ2v) is 7.63. The molecule has 0 spiro atoms. The molecule has 1 aromatic heterocycles. The fourth-order valence-electron chi connectivity index (χ4n) is 3.52. The van der Waals surface area contributed by atoms with Gasteiger partial charge in [0.1, 0.15) is 10.0 Å². The maximum absolute atomic E-state index is 11.4. The van der Waals surface area contributed by atoms with Gasteiger partial charge in [0.25, 0.3) is 0 Å². The molecule has 3 heterocycles. The molecule has 0 N–H and O–H groups in total. The predicted molar refractivity (Wildman–Crippen MR) is 87.0 cm³/mol. The minimum absolute atomic E-state index is 0.187. The van der Waals surface area contributed by atoms with E-state index in [1.165, 1.54) is 11.5 Å². The average molecular weight is 344 g/mol. The molecule has 22 heavy (non-hydrogen) atoms. The van der Waals surface area contributed by atoms with E-state index in [4.69, 9.17) is 11.6 Å². The van der Waals surface area contributed by atoms with E-state index in [0.29, 0.717) is 16.3 Å². The number of carbonyl (C=O) groups excluding carboxylic acids is 1. The summed E-state index contributed by atoms with van der Waals surface area (Å²) in [6, 6.07) is 0.555. The average Bonchev–Trinajstić information content (AvgIpc) is 3.06. The van der Waals surface area contributed by atoms with Gasteiger partial charge in [-0.05, 0) is 5.92 Å². The Labute approximate surface area is 140 Å². The summed E-state index contributed by atoms with van der Waals surface area (Å²) in [5.74, 6) is 0.806. The zero-order chi connectivity index (χ0) is 15.7. The molecule has 0 aromatic carbocycles. The Morgan fingerprint density at radius 2 is 2.05 bits per heavy atom. The molecule has 2 aliphatic heterocycles. The normalized spacial score (nSPS) is 27.5. The molecule has 1 amide bonds. The number of piperazine rings is 1. The van der Waals surface area contributed by atoms with Crippen LogP contribution >= 0.6 is 23.1 Å². The Bertz CT molecular complexity index is 531. The van der Waals surface area contributed by atoms with Crippen LogP contribution < -0.4 is 0 Å². The van der Waals surface area contributed by atoms with Crippen LogP contribution in [-0.2, 0) is 11.3 Å². The second-order valence-electron chi connectivity index (χ2n) is 6.27. The van der Waals surface area contributed by atoms with Crippen LogP contribution in [0.15, 0.2) is 0 Å². The zero-order valence-electron chi connectivity index (χ0n) is 13.0. The van der Waals surface area contributed by atoms with Crippen molar-refractivity contribution in [1.82, 2.24) is 24.3 Å². The molecule has 122 valence electrons. The number of hydrogen-bond donors (Lipinski definition) is 0. The van der Waals surface area contributed by atoms with E-state index >= 15 is 0 Å². The van der Waals surface area contributed by atoms with E-state index < -0.39 is 0 Å². The summed E-state index contributed by atoms with van der Waals surface area (Å²) in [6.07, 6.45) is 0. The van der Waals surface area contributed by atoms with Gasteiger partial charge in [0.15, 0.2) is 0 Å². The molecule has 2 atom stereocenters. The lowest BCUT2D eigenvalue weighted by Gasteiger charge is -2.39. The Balaban J connectivity index is 1.55. The molecule has 0 saturated carbocycles. The highest BCUT2D eigenvalue weighted by atomic mass is 35.5. The molecule has 0 aliphatic carbocycles. The maximum atomic E-state index is 11.4. The first-order valence-electron chi connectivity index (χ1n) is 7.73. The van der Waals surface area contributed by atoms with Crippen LogP contribution in [0.3, 0.4) is 0 Å². The van der Waals surface area contributed by atoms with Crippen LogP contribution in [0.1, 0.15) is 19.5 Å². The molecule has 3 rings (SSSR count). The van der Waals surface area contributed by atoms with E-state index in [2.05, 4.69) is 26.3 Å². The van der Waals surface area contributed by atoms with Gasteiger partial charge in [-0.25, -0.2) is 0 Å². The summed E-state index contributed by atoms with van der Waals surface area (Å²) in [5.41, 5.74) is 0.890.